The molecule has 1 aromatic carbocycles. The first-order valence-electron chi connectivity index (χ1n) is 10.1. The lowest BCUT2D eigenvalue weighted by Crippen LogP contribution is -2.50. The molecular weight excluding hydrogens is 467 g/mol. The summed E-state index contributed by atoms with van der Waals surface area (Å²) in [6.07, 6.45) is 1.90. The van der Waals surface area contributed by atoms with Crippen molar-refractivity contribution in [2.75, 3.05) is 32.8 Å². The third-order valence-electron chi connectivity index (χ3n) is 4.60. The van der Waals surface area contributed by atoms with Gasteiger partial charge in [0.2, 0.25) is 5.91 Å². The zero-order valence-corrected chi connectivity index (χ0v) is 19.6. The van der Waals surface area contributed by atoms with Gasteiger partial charge in [-0.1, -0.05) is 44.2 Å². The fraction of sp³-hybridized carbons (Fsp3) is 0.619. The average molecular weight is 502 g/mol. The first kappa shape index (κ1) is 24.7. The zero-order valence-electron chi connectivity index (χ0n) is 17.3. The van der Waals surface area contributed by atoms with Gasteiger partial charge in [0, 0.05) is 31.6 Å². The lowest BCUT2D eigenvalue weighted by Gasteiger charge is -2.34. The summed E-state index contributed by atoms with van der Waals surface area (Å²) in [5, 5.41) is 6.79. The van der Waals surface area contributed by atoms with Gasteiger partial charge in [0.1, 0.15) is 0 Å². The summed E-state index contributed by atoms with van der Waals surface area (Å²) in [7, 11) is 0. The second kappa shape index (κ2) is 13.8. The molecule has 0 atom stereocenters. The van der Waals surface area contributed by atoms with Crippen molar-refractivity contribution in [1.82, 2.24) is 15.5 Å². The Hall–Kier alpha value is -1.35. The molecule has 0 aromatic heterocycles. The van der Waals surface area contributed by atoms with Crippen LogP contribution < -0.4 is 10.6 Å². The molecule has 0 aliphatic carbocycles. The van der Waals surface area contributed by atoms with E-state index in [4.69, 9.17) is 4.74 Å². The van der Waals surface area contributed by atoms with Crippen molar-refractivity contribution >= 4 is 35.8 Å². The molecular formula is C21H35IN4O2. The van der Waals surface area contributed by atoms with E-state index in [1.54, 1.807) is 0 Å². The van der Waals surface area contributed by atoms with Crippen molar-refractivity contribution in [3.63, 3.8) is 0 Å². The molecule has 1 fully saturated rings. The summed E-state index contributed by atoms with van der Waals surface area (Å²) in [4.78, 5) is 18.7. The largest absolute Gasteiger partial charge is 0.375 e. The molecule has 0 bridgehead atoms. The van der Waals surface area contributed by atoms with Crippen molar-refractivity contribution < 1.29 is 9.53 Å². The molecule has 1 amide bonds. The number of piperidine rings is 1. The minimum atomic E-state index is 0. The van der Waals surface area contributed by atoms with E-state index in [9.17, 15) is 4.79 Å². The Bertz CT molecular complexity index is 587. The molecule has 0 radical (unpaired) electrons. The SMILES string of the molecule is CCNC(=NCCOCc1ccccc1)NC1CCN(C(=O)C(C)C)CC1.I. The molecule has 2 N–H and O–H groups in total. The monoisotopic (exact) mass is 502 g/mol. The first-order chi connectivity index (χ1) is 13.1. The number of benzene rings is 1. The number of carbonyl (C=O) groups excluding carboxylic acids is 1. The molecule has 6 nitrogen and oxygen atoms in total. The minimum absolute atomic E-state index is 0. The van der Waals surface area contributed by atoms with E-state index in [1.807, 2.05) is 36.9 Å². The second-order valence-electron chi connectivity index (χ2n) is 7.20. The van der Waals surface area contributed by atoms with Gasteiger partial charge in [0.05, 0.1) is 19.8 Å². The Morgan fingerprint density at radius 2 is 1.93 bits per heavy atom. The summed E-state index contributed by atoms with van der Waals surface area (Å²) >= 11 is 0. The lowest BCUT2D eigenvalue weighted by molar-refractivity contribution is -0.135. The number of likely N-dealkylation sites (tertiary alicyclic amines) is 1. The van der Waals surface area contributed by atoms with Crippen LogP contribution in [0.25, 0.3) is 0 Å². The smallest absolute Gasteiger partial charge is 0.225 e. The number of amides is 1. The van der Waals surface area contributed by atoms with Gasteiger partial charge in [-0.15, -0.1) is 24.0 Å². The van der Waals surface area contributed by atoms with Gasteiger partial charge in [-0.2, -0.15) is 0 Å². The number of nitrogens with zero attached hydrogens (tertiary/aromatic N) is 2. The maximum absolute atomic E-state index is 12.1. The van der Waals surface area contributed by atoms with Crippen LogP contribution in [-0.2, 0) is 16.1 Å². The normalized spacial score (nSPS) is 15.3. The standard InChI is InChI=1S/C21H34N4O2.HI/c1-4-22-21(23-12-15-27-16-18-8-6-5-7-9-18)24-19-10-13-25(14-11-19)20(26)17(2)3;/h5-9,17,19H,4,10-16H2,1-3H3,(H2,22,23,24);1H. The predicted molar refractivity (Wildman–Crippen MR) is 125 cm³/mol. The summed E-state index contributed by atoms with van der Waals surface area (Å²) in [5.41, 5.74) is 1.18. The molecule has 0 spiro atoms. The van der Waals surface area contributed by atoms with Crippen molar-refractivity contribution in [3.8, 4) is 0 Å². The van der Waals surface area contributed by atoms with Gasteiger partial charge < -0.3 is 20.3 Å². The predicted octanol–water partition coefficient (Wildman–Crippen LogP) is 3.02. The van der Waals surface area contributed by atoms with Crippen LogP contribution in [0.3, 0.4) is 0 Å². The van der Waals surface area contributed by atoms with E-state index < -0.39 is 0 Å². The molecule has 7 heteroatoms. The second-order valence-corrected chi connectivity index (χ2v) is 7.20. The number of nitrogens with one attached hydrogen (secondary N) is 2. The number of hydrogen-bond acceptors (Lipinski definition) is 3. The molecule has 1 aliphatic heterocycles. The Labute approximate surface area is 186 Å². The van der Waals surface area contributed by atoms with Crippen molar-refractivity contribution in [1.29, 1.82) is 0 Å². The van der Waals surface area contributed by atoms with Gasteiger partial charge in [-0.25, -0.2) is 0 Å². The third-order valence-corrected chi connectivity index (χ3v) is 4.60. The molecule has 1 aromatic rings. The highest BCUT2D eigenvalue weighted by molar-refractivity contribution is 14.0. The Kier molecular flexibility index (Phi) is 12.1. The molecule has 0 unspecified atom stereocenters. The van der Waals surface area contributed by atoms with E-state index in [1.165, 1.54) is 5.56 Å². The van der Waals surface area contributed by atoms with Crippen LogP contribution in [-0.4, -0.2) is 55.6 Å². The van der Waals surface area contributed by atoms with Crippen LogP contribution in [0.5, 0.6) is 0 Å². The highest BCUT2D eigenvalue weighted by Crippen LogP contribution is 2.13. The van der Waals surface area contributed by atoms with E-state index in [-0.39, 0.29) is 35.8 Å². The van der Waals surface area contributed by atoms with Crippen LogP contribution in [0.1, 0.15) is 39.2 Å². The highest BCUT2D eigenvalue weighted by Gasteiger charge is 2.24. The number of halogens is 1. The molecule has 2 rings (SSSR count). The number of aliphatic imine (C=N–C) groups is 1. The van der Waals surface area contributed by atoms with E-state index in [2.05, 4.69) is 34.7 Å². The van der Waals surface area contributed by atoms with E-state index in [0.29, 0.717) is 25.8 Å². The van der Waals surface area contributed by atoms with Crippen molar-refractivity contribution in [2.45, 2.75) is 46.3 Å². The van der Waals surface area contributed by atoms with Crippen LogP contribution in [0.2, 0.25) is 0 Å². The van der Waals surface area contributed by atoms with Gasteiger partial charge in [-0.05, 0) is 25.3 Å². The average Bonchev–Trinajstić information content (AvgIpc) is 2.68. The summed E-state index contributed by atoms with van der Waals surface area (Å²) in [5.74, 6) is 1.16. The first-order valence-corrected chi connectivity index (χ1v) is 10.1. The maximum atomic E-state index is 12.1. The maximum Gasteiger partial charge on any atom is 0.225 e. The van der Waals surface area contributed by atoms with Crippen LogP contribution in [0.15, 0.2) is 35.3 Å². The van der Waals surface area contributed by atoms with E-state index >= 15 is 0 Å². The molecule has 1 saturated heterocycles. The summed E-state index contributed by atoms with van der Waals surface area (Å²) in [6, 6.07) is 10.5. The quantitative estimate of drug-likeness (QED) is 0.248. The number of rotatable bonds is 8. The highest BCUT2D eigenvalue weighted by atomic mass is 127. The topological polar surface area (TPSA) is 66.0 Å². The number of guanidine groups is 1. The molecule has 1 aliphatic rings. The van der Waals surface area contributed by atoms with Gasteiger partial charge >= 0.3 is 0 Å². The molecule has 0 saturated carbocycles. The number of hydrogen-bond donors (Lipinski definition) is 2. The fourth-order valence-electron chi connectivity index (χ4n) is 3.11. The Balaban J connectivity index is 0.00000392. The van der Waals surface area contributed by atoms with Crippen molar-refractivity contribution in [2.24, 2.45) is 10.9 Å². The zero-order chi connectivity index (χ0) is 19.5. The van der Waals surface area contributed by atoms with Gasteiger partial charge in [0.25, 0.3) is 0 Å². The number of carbonyl (C=O) groups is 1. The Morgan fingerprint density at radius 1 is 1.25 bits per heavy atom. The summed E-state index contributed by atoms with van der Waals surface area (Å²) < 4.78 is 5.69. The Morgan fingerprint density at radius 3 is 2.54 bits per heavy atom. The fourth-order valence-corrected chi connectivity index (χ4v) is 3.11. The minimum Gasteiger partial charge on any atom is -0.375 e. The number of ether oxygens (including phenoxy) is 1. The lowest BCUT2D eigenvalue weighted by atomic mass is 10.0. The summed E-state index contributed by atoms with van der Waals surface area (Å²) in [6.45, 7) is 10.3. The van der Waals surface area contributed by atoms with Crippen LogP contribution in [0, 0.1) is 5.92 Å². The van der Waals surface area contributed by atoms with Gasteiger partial charge in [0.15, 0.2) is 5.96 Å². The molecule has 28 heavy (non-hydrogen) atoms. The molecule has 158 valence electrons. The van der Waals surface area contributed by atoms with Crippen molar-refractivity contribution in [3.05, 3.63) is 35.9 Å². The van der Waals surface area contributed by atoms with Gasteiger partial charge in [-0.3, -0.25) is 9.79 Å². The van der Waals surface area contributed by atoms with Crippen LogP contribution >= 0.6 is 24.0 Å². The third kappa shape index (κ3) is 8.77. The van der Waals surface area contributed by atoms with Crippen LogP contribution in [0.4, 0.5) is 0 Å². The van der Waals surface area contributed by atoms with E-state index in [0.717, 1.165) is 38.4 Å². The molecule has 1 heterocycles.